The molecule has 0 heterocycles. The van der Waals surface area contributed by atoms with Gasteiger partial charge in [0.25, 0.3) is 0 Å². The van der Waals surface area contributed by atoms with Crippen molar-refractivity contribution in [2.24, 2.45) is 5.92 Å². The van der Waals surface area contributed by atoms with E-state index >= 15 is 0 Å². The lowest BCUT2D eigenvalue weighted by molar-refractivity contribution is -0.122. The van der Waals surface area contributed by atoms with Gasteiger partial charge in [-0.25, -0.2) is 8.78 Å². The van der Waals surface area contributed by atoms with Crippen molar-refractivity contribution in [2.75, 3.05) is 13.1 Å². The molecule has 3 nitrogen and oxygen atoms in total. The van der Waals surface area contributed by atoms with E-state index in [1.165, 1.54) is 44.6 Å². The van der Waals surface area contributed by atoms with Crippen LogP contribution >= 0.6 is 12.4 Å². The number of hydrogen-bond donors (Lipinski definition) is 2. The first-order chi connectivity index (χ1) is 11.6. The largest absolute Gasteiger partial charge is 0.355 e. The number of nitrogens with one attached hydrogen (secondary N) is 2. The van der Waals surface area contributed by atoms with Crippen molar-refractivity contribution in [1.82, 2.24) is 10.6 Å². The van der Waals surface area contributed by atoms with Crippen molar-refractivity contribution >= 4 is 18.3 Å². The van der Waals surface area contributed by atoms with Gasteiger partial charge in [0.1, 0.15) is 0 Å². The van der Waals surface area contributed by atoms with Crippen LogP contribution in [0.5, 0.6) is 0 Å². The molecule has 2 aliphatic carbocycles. The minimum atomic E-state index is -0.843. The maximum absolute atomic E-state index is 13.3. The predicted molar refractivity (Wildman–Crippen MR) is 97.0 cm³/mol. The minimum Gasteiger partial charge on any atom is -0.355 e. The summed E-state index contributed by atoms with van der Waals surface area (Å²) in [5.41, 5.74) is 0.714. The highest BCUT2D eigenvalue weighted by Gasteiger charge is 2.43. The van der Waals surface area contributed by atoms with Crippen molar-refractivity contribution < 1.29 is 13.6 Å². The van der Waals surface area contributed by atoms with Crippen LogP contribution in [0.15, 0.2) is 18.2 Å². The normalized spacial score (nSPS) is 23.4. The molecule has 0 bridgehead atoms. The van der Waals surface area contributed by atoms with Crippen LogP contribution in [0, 0.1) is 17.6 Å². The van der Waals surface area contributed by atoms with Crippen LogP contribution in [-0.4, -0.2) is 25.0 Å². The molecule has 0 aromatic heterocycles. The third kappa shape index (κ3) is 5.65. The van der Waals surface area contributed by atoms with E-state index in [1.807, 2.05) is 0 Å². The van der Waals surface area contributed by atoms with Gasteiger partial charge in [0.05, 0.1) is 0 Å². The number of benzene rings is 1. The molecule has 1 aromatic rings. The summed E-state index contributed by atoms with van der Waals surface area (Å²) in [6.45, 7) is 1.41. The average molecular weight is 373 g/mol. The molecule has 3 rings (SSSR count). The summed E-state index contributed by atoms with van der Waals surface area (Å²) in [6.07, 6.45) is 8.43. The molecule has 2 N–H and O–H groups in total. The van der Waals surface area contributed by atoms with Crippen LogP contribution in [-0.2, 0) is 4.79 Å². The Kier molecular flexibility index (Phi) is 7.63. The molecule has 1 aromatic carbocycles. The Labute approximate surface area is 154 Å². The highest BCUT2D eigenvalue weighted by atomic mass is 35.5. The smallest absolute Gasteiger partial charge is 0.223 e. The molecule has 2 saturated carbocycles. The first-order valence-corrected chi connectivity index (χ1v) is 9.11. The zero-order chi connectivity index (χ0) is 16.9. The molecular weight excluding hydrogens is 346 g/mol. The molecule has 0 aliphatic heterocycles. The Morgan fingerprint density at radius 2 is 1.76 bits per heavy atom. The maximum Gasteiger partial charge on any atom is 0.223 e. The lowest BCUT2D eigenvalue weighted by atomic mass is 10.1. The molecule has 2 atom stereocenters. The van der Waals surface area contributed by atoms with E-state index in [2.05, 4.69) is 10.6 Å². The topological polar surface area (TPSA) is 41.1 Å². The zero-order valence-electron chi connectivity index (χ0n) is 14.4. The summed E-state index contributed by atoms with van der Waals surface area (Å²) in [6, 6.07) is 4.50. The first kappa shape index (κ1) is 20.1. The van der Waals surface area contributed by atoms with Gasteiger partial charge in [-0.2, -0.15) is 0 Å². The van der Waals surface area contributed by atoms with Gasteiger partial charge in [-0.15, -0.1) is 12.4 Å². The molecule has 0 radical (unpaired) electrons. The number of carbonyl (C=O) groups excluding carboxylic acids is 1. The first-order valence-electron chi connectivity index (χ1n) is 9.11. The summed E-state index contributed by atoms with van der Waals surface area (Å²) in [7, 11) is 0. The van der Waals surface area contributed by atoms with Crippen LogP contribution in [0.25, 0.3) is 0 Å². The minimum absolute atomic E-state index is 0. The van der Waals surface area contributed by atoms with E-state index in [4.69, 9.17) is 0 Å². The van der Waals surface area contributed by atoms with Gasteiger partial charge in [-0.05, 0) is 42.9 Å². The Balaban J connectivity index is 0.00000225. The molecule has 0 saturated heterocycles. The molecule has 2 fully saturated rings. The Morgan fingerprint density at radius 1 is 1.04 bits per heavy atom. The van der Waals surface area contributed by atoms with Gasteiger partial charge in [-0.1, -0.05) is 31.7 Å². The highest BCUT2D eigenvalue weighted by molar-refractivity contribution is 5.85. The molecular formula is C19H27ClF2N2O. The van der Waals surface area contributed by atoms with Crippen LogP contribution in [0.4, 0.5) is 8.78 Å². The van der Waals surface area contributed by atoms with E-state index in [0.717, 1.165) is 12.6 Å². The van der Waals surface area contributed by atoms with Crippen molar-refractivity contribution in [3.63, 3.8) is 0 Å². The Hall–Kier alpha value is -1.20. The molecule has 2 aliphatic rings. The second kappa shape index (κ2) is 9.48. The second-order valence-electron chi connectivity index (χ2n) is 7.06. The summed E-state index contributed by atoms with van der Waals surface area (Å²) < 4.78 is 26.2. The number of carbonyl (C=O) groups is 1. The fourth-order valence-electron chi connectivity index (χ4n) is 3.67. The quantitative estimate of drug-likeness (QED) is 0.587. The second-order valence-corrected chi connectivity index (χ2v) is 7.06. The van der Waals surface area contributed by atoms with Crippen molar-refractivity contribution in [3.05, 3.63) is 35.4 Å². The van der Waals surface area contributed by atoms with E-state index < -0.39 is 11.6 Å². The lowest BCUT2D eigenvalue weighted by Crippen LogP contribution is -2.37. The van der Waals surface area contributed by atoms with Gasteiger partial charge in [0.15, 0.2) is 11.6 Å². The van der Waals surface area contributed by atoms with Gasteiger partial charge in [0.2, 0.25) is 5.91 Å². The number of hydrogen-bond acceptors (Lipinski definition) is 2. The summed E-state index contributed by atoms with van der Waals surface area (Å²) >= 11 is 0. The van der Waals surface area contributed by atoms with Gasteiger partial charge >= 0.3 is 0 Å². The predicted octanol–water partition coefficient (Wildman–Crippen LogP) is 3.92. The molecule has 25 heavy (non-hydrogen) atoms. The van der Waals surface area contributed by atoms with E-state index in [-0.39, 0.29) is 30.2 Å². The third-order valence-electron chi connectivity index (χ3n) is 5.21. The molecule has 0 spiro atoms. The molecule has 6 heteroatoms. The van der Waals surface area contributed by atoms with Crippen LogP contribution in [0.1, 0.15) is 56.4 Å². The van der Waals surface area contributed by atoms with Gasteiger partial charge in [0, 0.05) is 25.0 Å². The number of amides is 1. The maximum atomic E-state index is 13.3. The van der Waals surface area contributed by atoms with Crippen molar-refractivity contribution in [1.29, 1.82) is 0 Å². The zero-order valence-corrected chi connectivity index (χ0v) is 15.2. The van der Waals surface area contributed by atoms with Crippen molar-refractivity contribution in [2.45, 2.75) is 56.9 Å². The number of halogens is 3. The molecule has 140 valence electrons. The van der Waals surface area contributed by atoms with Gasteiger partial charge in [-0.3, -0.25) is 4.79 Å². The number of rotatable bonds is 6. The summed E-state index contributed by atoms with van der Waals surface area (Å²) in [4.78, 5) is 12.1. The third-order valence-corrected chi connectivity index (χ3v) is 5.21. The van der Waals surface area contributed by atoms with Gasteiger partial charge < -0.3 is 10.6 Å². The van der Waals surface area contributed by atoms with Crippen LogP contribution in [0.2, 0.25) is 0 Å². The average Bonchev–Trinajstić information content (AvgIpc) is 3.38. The monoisotopic (exact) mass is 372 g/mol. The van der Waals surface area contributed by atoms with Crippen LogP contribution in [0.3, 0.4) is 0 Å². The van der Waals surface area contributed by atoms with E-state index in [9.17, 15) is 13.6 Å². The standard InChI is InChI=1S/C19H26F2N2O.ClH/c20-17-8-7-13(11-18(17)21)15-12-16(15)19(24)23-10-9-22-14-5-3-1-2-4-6-14;/h7-8,11,14-16,22H,1-6,9-10,12H2,(H,23,24);1H. The highest BCUT2D eigenvalue weighted by Crippen LogP contribution is 2.47. The summed E-state index contributed by atoms with van der Waals surface area (Å²) in [5.74, 6) is -1.74. The fraction of sp³-hybridized carbons (Fsp3) is 0.632. The van der Waals surface area contributed by atoms with Crippen molar-refractivity contribution in [3.8, 4) is 0 Å². The molecule has 2 unspecified atom stereocenters. The molecule has 1 amide bonds. The Bertz CT molecular complexity index is 577. The lowest BCUT2D eigenvalue weighted by Gasteiger charge is -2.16. The Morgan fingerprint density at radius 3 is 2.44 bits per heavy atom. The summed E-state index contributed by atoms with van der Waals surface area (Å²) in [5, 5.41) is 6.48. The van der Waals surface area contributed by atoms with E-state index in [1.54, 1.807) is 6.07 Å². The SMILES string of the molecule is Cl.O=C(NCCNC1CCCCCC1)C1CC1c1ccc(F)c(F)c1. The van der Waals surface area contributed by atoms with Crippen LogP contribution < -0.4 is 10.6 Å². The fourth-order valence-corrected chi connectivity index (χ4v) is 3.67. The van der Waals surface area contributed by atoms with E-state index in [0.29, 0.717) is 24.6 Å².